The number of benzene rings is 2. The molecule has 0 aliphatic carbocycles. The minimum Gasteiger partial charge on any atom is -0.495 e. The summed E-state index contributed by atoms with van der Waals surface area (Å²) < 4.78 is 42.9. The highest BCUT2D eigenvalue weighted by atomic mass is 35.5. The lowest BCUT2D eigenvalue weighted by Gasteiger charge is -2.17. The third-order valence-corrected chi connectivity index (χ3v) is 6.89. The molecule has 1 fully saturated rings. The predicted molar refractivity (Wildman–Crippen MR) is 118 cm³/mol. The van der Waals surface area contributed by atoms with Crippen molar-refractivity contribution in [2.24, 2.45) is 0 Å². The Morgan fingerprint density at radius 1 is 1.23 bits per heavy atom. The smallest absolute Gasteiger partial charge is 0.255 e. The van der Waals surface area contributed by atoms with Crippen molar-refractivity contribution >= 4 is 33.2 Å². The lowest BCUT2D eigenvalue weighted by Crippen LogP contribution is -2.23. The lowest BCUT2D eigenvalue weighted by atomic mass is 10.2. The first-order chi connectivity index (χ1) is 14.7. The van der Waals surface area contributed by atoms with E-state index in [0.717, 1.165) is 17.1 Å². The summed E-state index contributed by atoms with van der Waals surface area (Å²) in [7, 11) is 0.371. The van der Waals surface area contributed by atoms with Gasteiger partial charge in [0.2, 0.25) is 10.0 Å². The monoisotopic (exact) mass is 468 g/mol. The van der Waals surface area contributed by atoms with Gasteiger partial charge in [-0.2, -0.15) is 0 Å². The van der Waals surface area contributed by atoms with Crippen LogP contribution in [-0.2, 0) is 14.8 Å². The topological polar surface area (TPSA) is 94.2 Å². The zero-order chi connectivity index (χ0) is 22.6. The standard InChI is InChI=1S/C21H25ClN2O6S/c1-24(2)31(26,27)20-11-14(6-8-19(20)28-3)21(25)23-17-12-15(22)7-9-18(17)30-13-16-5-4-10-29-16/h6-9,11-12,16H,4-5,10,13H2,1-3H3,(H,23,25). The molecule has 2 aromatic carbocycles. The first-order valence-corrected chi connectivity index (χ1v) is 11.5. The Labute approximate surface area is 187 Å². The van der Waals surface area contributed by atoms with E-state index >= 15 is 0 Å². The number of nitrogens with zero attached hydrogens (tertiary/aromatic N) is 1. The van der Waals surface area contributed by atoms with Gasteiger partial charge in [-0.05, 0) is 49.2 Å². The Morgan fingerprint density at radius 2 is 1.97 bits per heavy atom. The van der Waals surface area contributed by atoms with Crippen LogP contribution in [0.4, 0.5) is 5.69 Å². The number of amides is 1. The molecular weight excluding hydrogens is 444 g/mol. The highest BCUT2D eigenvalue weighted by molar-refractivity contribution is 7.89. The van der Waals surface area contributed by atoms with E-state index in [-0.39, 0.29) is 22.3 Å². The van der Waals surface area contributed by atoms with E-state index in [2.05, 4.69) is 5.32 Å². The van der Waals surface area contributed by atoms with Crippen molar-refractivity contribution in [1.82, 2.24) is 4.31 Å². The van der Waals surface area contributed by atoms with Gasteiger partial charge in [0.1, 0.15) is 23.0 Å². The molecule has 168 valence electrons. The maximum absolute atomic E-state index is 12.9. The van der Waals surface area contributed by atoms with Crippen LogP contribution in [0.2, 0.25) is 5.02 Å². The summed E-state index contributed by atoms with van der Waals surface area (Å²) in [5.41, 5.74) is 0.523. The molecule has 0 spiro atoms. The van der Waals surface area contributed by atoms with Crippen LogP contribution in [0.25, 0.3) is 0 Å². The summed E-state index contributed by atoms with van der Waals surface area (Å²) in [5.74, 6) is 0.0820. The van der Waals surface area contributed by atoms with Crippen LogP contribution in [0.15, 0.2) is 41.3 Å². The number of rotatable bonds is 8. The van der Waals surface area contributed by atoms with Gasteiger partial charge >= 0.3 is 0 Å². The number of methoxy groups -OCH3 is 1. The molecule has 1 amide bonds. The van der Waals surface area contributed by atoms with E-state index in [9.17, 15) is 13.2 Å². The maximum Gasteiger partial charge on any atom is 0.255 e. The fourth-order valence-corrected chi connectivity index (χ4v) is 4.34. The summed E-state index contributed by atoms with van der Waals surface area (Å²) in [6.07, 6.45) is 1.93. The quantitative estimate of drug-likeness (QED) is 0.638. The van der Waals surface area contributed by atoms with E-state index in [1.165, 1.54) is 39.4 Å². The minimum atomic E-state index is -3.81. The van der Waals surface area contributed by atoms with Gasteiger partial charge in [-0.15, -0.1) is 0 Å². The lowest BCUT2D eigenvalue weighted by molar-refractivity contribution is 0.0682. The molecule has 1 aliphatic rings. The highest BCUT2D eigenvalue weighted by Gasteiger charge is 2.24. The zero-order valence-corrected chi connectivity index (χ0v) is 19.1. The molecule has 1 atom stereocenters. The number of sulfonamides is 1. The van der Waals surface area contributed by atoms with Gasteiger partial charge in [0.05, 0.1) is 18.9 Å². The SMILES string of the molecule is COc1ccc(C(=O)Nc2cc(Cl)ccc2OCC2CCCO2)cc1S(=O)(=O)N(C)C. The second-order valence-electron chi connectivity index (χ2n) is 7.19. The molecule has 8 nitrogen and oxygen atoms in total. The van der Waals surface area contributed by atoms with Gasteiger partial charge < -0.3 is 19.5 Å². The number of hydrogen-bond acceptors (Lipinski definition) is 6. The molecule has 1 aliphatic heterocycles. The van der Waals surface area contributed by atoms with Gasteiger partial charge in [0.15, 0.2) is 0 Å². The van der Waals surface area contributed by atoms with Crippen LogP contribution >= 0.6 is 11.6 Å². The molecular formula is C21H25ClN2O6S. The van der Waals surface area contributed by atoms with E-state index in [4.69, 9.17) is 25.8 Å². The largest absolute Gasteiger partial charge is 0.495 e. The van der Waals surface area contributed by atoms with Crippen molar-refractivity contribution in [2.45, 2.75) is 23.8 Å². The number of anilines is 1. The fraction of sp³-hybridized carbons (Fsp3) is 0.381. The molecule has 10 heteroatoms. The molecule has 31 heavy (non-hydrogen) atoms. The normalized spacial score (nSPS) is 16.4. The van der Waals surface area contributed by atoms with Crippen molar-refractivity contribution in [1.29, 1.82) is 0 Å². The first kappa shape index (κ1) is 23.3. The minimum absolute atomic E-state index is 0.0135. The van der Waals surface area contributed by atoms with Crippen molar-refractivity contribution < 1.29 is 27.4 Å². The van der Waals surface area contributed by atoms with Crippen molar-refractivity contribution in [3.63, 3.8) is 0 Å². The molecule has 1 unspecified atom stereocenters. The second kappa shape index (κ2) is 9.86. The zero-order valence-electron chi connectivity index (χ0n) is 17.6. The maximum atomic E-state index is 12.9. The number of hydrogen-bond donors (Lipinski definition) is 1. The van der Waals surface area contributed by atoms with Gasteiger partial charge in [0.25, 0.3) is 5.91 Å². The predicted octanol–water partition coefficient (Wildman–Crippen LogP) is 3.41. The van der Waals surface area contributed by atoms with E-state index < -0.39 is 15.9 Å². The summed E-state index contributed by atoms with van der Waals surface area (Å²) in [4.78, 5) is 12.8. The highest BCUT2D eigenvalue weighted by Crippen LogP contribution is 2.31. The average Bonchev–Trinajstić information content (AvgIpc) is 3.26. The third-order valence-electron chi connectivity index (χ3n) is 4.82. The van der Waals surface area contributed by atoms with E-state index in [0.29, 0.717) is 29.7 Å². The number of carbonyl (C=O) groups excluding carboxylic acids is 1. The molecule has 0 bridgehead atoms. The summed E-state index contributed by atoms with van der Waals surface area (Å²) in [6.45, 7) is 1.08. The Balaban J connectivity index is 1.85. The van der Waals surface area contributed by atoms with Crippen molar-refractivity contribution in [3.8, 4) is 11.5 Å². The van der Waals surface area contributed by atoms with Crippen LogP contribution < -0.4 is 14.8 Å². The molecule has 0 radical (unpaired) electrons. The first-order valence-electron chi connectivity index (χ1n) is 9.68. The molecule has 2 aromatic rings. The van der Waals surface area contributed by atoms with E-state index in [1.54, 1.807) is 18.2 Å². The molecule has 1 saturated heterocycles. The van der Waals surface area contributed by atoms with E-state index in [1.807, 2.05) is 0 Å². The third kappa shape index (κ3) is 5.48. The molecule has 3 rings (SSSR count). The van der Waals surface area contributed by atoms with Crippen LogP contribution in [0, 0.1) is 0 Å². The van der Waals surface area contributed by atoms with Gasteiger partial charge in [-0.25, -0.2) is 12.7 Å². The average molecular weight is 469 g/mol. The van der Waals surface area contributed by atoms with Gasteiger partial charge in [-0.1, -0.05) is 11.6 Å². The fourth-order valence-electron chi connectivity index (χ4n) is 3.09. The summed E-state index contributed by atoms with van der Waals surface area (Å²) in [6, 6.07) is 9.12. The van der Waals surface area contributed by atoms with Crippen molar-refractivity contribution in [3.05, 3.63) is 47.0 Å². The second-order valence-corrected chi connectivity index (χ2v) is 9.75. The Bertz CT molecular complexity index is 1050. The Morgan fingerprint density at radius 3 is 2.61 bits per heavy atom. The van der Waals surface area contributed by atoms with Crippen LogP contribution in [0.1, 0.15) is 23.2 Å². The van der Waals surface area contributed by atoms with Crippen LogP contribution in [0.5, 0.6) is 11.5 Å². The van der Waals surface area contributed by atoms with Crippen LogP contribution in [-0.4, -0.2) is 59.2 Å². The van der Waals surface area contributed by atoms with Gasteiger partial charge in [0, 0.05) is 31.3 Å². The number of halogens is 1. The summed E-state index contributed by atoms with van der Waals surface area (Å²) >= 11 is 6.10. The van der Waals surface area contributed by atoms with Crippen LogP contribution in [0.3, 0.4) is 0 Å². The molecule has 1 heterocycles. The number of carbonyl (C=O) groups is 1. The number of nitrogens with one attached hydrogen (secondary N) is 1. The summed E-state index contributed by atoms with van der Waals surface area (Å²) in [5, 5.41) is 3.17. The Hall–Kier alpha value is -2.33. The molecule has 1 N–H and O–H groups in total. The molecule has 0 saturated carbocycles. The van der Waals surface area contributed by atoms with Gasteiger partial charge in [-0.3, -0.25) is 4.79 Å². The molecule has 0 aromatic heterocycles. The number of ether oxygens (including phenoxy) is 3. The Kier molecular flexibility index (Phi) is 7.42. The van der Waals surface area contributed by atoms with Crippen molar-refractivity contribution in [2.75, 3.05) is 39.7 Å².